The molecule has 18 heavy (non-hydrogen) atoms. The maximum absolute atomic E-state index is 2.78. The number of hydrogen-bond donors (Lipinski definition) is 0. The van der Waals surface area contributed by atoms with Gasteiger partial charge in [-0.2, -0.15) is 0 Å². The van der Waals surface area contributed by atoms with E-state index in [0.29, 0.717) is 11.1 Å². The van der Waals surface area contributed by atoms with Crippen molar-refractivity contribution in [1.29, 1.82) is 0 Å². The first-order valence-electron chi connectivity index (χ1n) is 7.75. The monoisotopic (exact) mass is 252 g/mol. The van der Waals surface area contributed by atoms with Crippen LogP contribution in [-0.2, 0) is 0 Å². The standard InChI is InChI=1S/C16H32N2/c1-15(2,3)17-11-7-10-14-13(17)9-8-12-18(14)16(4,5)6/h13-14H,7-12H2,1-6H3. The number of nitrogens with zero attached hydrogens (tertiary/aromatic N) is 2. The summed E-state index contributed by atoms with van der Waals surface area (Å²) in [6, 6.07) is 1.57. The van der Waals surface area contributed by atoms with Gasteiger partial charge in [0, 0.05) is 23.2 Å². The first kappa shape index (κ1) is 14.3. The molecule has 2 unspecified atom stereocenters. The van der Waals surface area contributed by atoms with E-state index in [0.717, 1.165) is 12.1 Å². The van der Waals surface area contributed by atoms with E-state index in [2.05, 4.69) is 51.3 Å². The van der Waals surface area contributed by atoms with Crippen molar-refractivity contribution in [3.05, 3.63) is 0 Å². The Morgan fingerprint density at radius 2 is 1.00 bits per heavy atom. The summed E-state index contributed by atoms with van der Waals surface area (Å²) in [6.07, 6.45) is 5.53. The van der Waals surface area contributed by atoms with Gasteiger partial charge in [0.25, 0.3) is 0 Å². The predicted molar refractivity (Wildman–Crippen MR) is 79.0 cm³/mol. The molecule has 106 valence electrons. The summed E-state index contributed by atoms with van der Waals surface area (Å²) in [5.41, 5.74) is 0.647. The SMILES string of the molecule is CC(C)(C)N1CCCC2C1CCCN2C(C)(C)C. The topological polar surface area (TPSA) is 6.48 Å². The van der Waals surface area contributed by atoms with Crippen molar-refractivity contribution >= 4 is 0 Å². The molecule has 0 spiro atoms. The van der Waals surface area contributed by atoms with Crippen LogP contribution in [0.5, 0.6) is 0 Å². The van der Waals surface area contributed by atoms with Gasteiger partial charge in [0.2, 0.25) is 0 Å². The lowest BCUT2D eigenvalue weighted by atomic mass is 9.82. The van der Waals surface area contributed by atoms with Crippen molar-refractivity contribution in [2.75, 3.05) is 13.1 Å². The molecule has 0 amide bonds. The number of hydrogen-bond acceptors (Lipinski definition) is 2. The minimum Gasteiger partial charge on any atom is -0.294 e. The molecule has 2 fully saturated rings. The first-order valence-corrected chi connectivity index (χ1v) is 7.75. The maximum atomic E-state index is 2.78. The second-order valence-corrected chi connectivity index (χ2v) is 8.15. The van der Waals surface area contributed by atoms with Crippen molar-refractivity contribution in [3.8, 4) is 0 Å². The third kappa shape index (κ3) is 2.75. The number of fused-ring (bicyclic) bond motifs is 1. The van der Waals surface area contributed by atoms with Gasteiger partial charge < -0.3 is 0 Å². The van der Waals surface area contributed by atoms with Gasteiger partial charge in [-0.15, -0.1) is 0 Å². The average molecular weight is 252 g/mol. The van der Waals surface area contributed by atoms with Crippen LogP contribution in [0.2, 0.25) is 0 Å². The van der Waals surface area contributed by atoms with Crippen molar-refractivity contribution in [3.63, 3.8) is 0 Å². The Balaban J connectivity index is 2.20. The molecule has 2 aliphatic heterocycles. The van der Waals surface area contributed by atoms with Crippen molar-refractivity contribution in [2.24, 2.45) is 0 Å². The third-order valence-corrected chi connectivity index (χ3v) is 4.77. The van der Waals surface area contributed by atoms with Crippen LogP contribution < -0.4 is 0 Å². The zero-order chi connectivity index (χ0) is 13.6. The molecule has 2 aliphatic rings. The fraction of sp³-hybridized carbons (Fsp3) is 1.00. The van der Waals surface area contributed by atoms with Gasteiger partial charge in [-0.25, -0.2) is 0 Å². The number of likely N-dealkylation sites (tertiary alicyclic amines) is 2. The van der Waals surface area contributed by atoms with E-state index in [9.17, 15) is 0 Å². The summed E-state index contributed by atoms with van der Waals surface area (Å²) in [5, 5.41) is 0. The van der Waals surface area contributed by atoms with Gasteiger partial charge in [-0.1, -0.05) is 0 Å². The molecular weight excluding hydrogens is 220 g/mol. The highest BCUT2D eigenvalue weighted by molar-refractivity contribution is 5.00. The third-order valence-electron chi connectivity index (χ3n) is 4.77. The van der Waals surface area contributed by atoms with Gasteiger partial charge >= 0.3 is 0 Å². The molecule has 0 radical (unpaired) electrons. The lowest BCUT2D eigenvalue weighted by Crippen LogP contribution is -2.65. The van der Waals surface area contributed by atoms with Gasteiger partial charge in [0.1, 0.15) is 0 Å². The second kappa shape index (κ2) is 4.79. The van der Waals surface area contributed by atoms with Crippen molar-refractivity contribution in [1.82, 2.24) is 9.80 Å². The van der Waals surface area contributed by atoms with Crippen LogP contribution in [0.3, 0.4) is 0 Å². The maximum Gasteiger partial charge on any atom is 0.0257 e. The number of rotatable bonds is 0. The van der Waals surface area contributed by atoms with Crippen molar-refractivity contribution < 1.29 is 0 Å². The summed E-state index contributed by atoms with van der Waals surface area (Å²) < 4.78 is 0. The molecule has 0 N–H and O–H groups in total. The highest BCUT2D eigenvalue weighted by Crippen LogP contribution is 2.37. The highest BCUT2D eigenvalue weighted by atomic mass is 15.3. The summed E-state index contributed by atoms with van der Waals surface area (Å²) in [5.74, 6) is 0. The van der Waals surface area contributed by atoms with Crippen LogP contribution in [0.1, 0.15) is 67.2 Å². The van der Waals surface area contributed by atoms with Crippen molar-refractivity contribution in [2.45, 2.75) is 90.4 Å². The number of piperidine rings is 2. The van der Waals surface area contributed by atoms with E-state index in [1.807, 2.05) is 0 Å². The largest absolute Gasteiger partial charge is 0.294 e. The molecule has 0 bridgehead atoms. The Kier molecular flexibility index (Phi) is 3.81. The minimum atomic E-state index is 0.324. The summed E-state index contributed by atoms with van der Waals surface area (Å²) in [6.45, 7) is 16.9. The summed E-state index contributed by atoms with van der Waals surface area (Å²) >= 11 is 0. The van der Waals surface area contributed by atoms with Crippen LogP contribution >= 0.6 is 0 Å². The molecule has 2 nitrogen and oxygen atoms in total. The quantitative estimate of drug-likeness (QED) is 0.651. The van der Waals surface area contributed by atoms with E-state index < -0.39 is 0 Å². The first-order chi connectivity index (χ1) is 8.21. The lowest BCUT2D eigenvalue weighted by molar-refractivity contribution is -0.0667. The van der Waals surface area contributed by atoms with E-state index in [4.69, 9.17) is 0 Å². The smallest absolute Gasteiger partial charge is 0.0257 e. The van der Waals surface area contributed by atoms with E-state index in [1.54, 1.807) is 0 Å². The molecule has 2 rings (SSSR count). The Morgan fingerprint density at radius 3 is 1.28 bits per heavy atom. The van der Waals surface area contributed by atoms with E-state index >= 15 is 0 Å². The second-order valence-electron chi connectivity index (χ2n) is 8.15. The lowest BCUT2D eigenvalue weighted by Gasteiger charge is -2.56. The molecule has 2 atom stereocenters. The minimum absolute atomic E-state index is 0.324. The van der Waals surface area contributed by atoms with E-state index in [1.165, 1.54) is 38.8 Å². The van der Waals surface area contributed by atoms with Gasteiger partial charge in [0.15, 0.2) is 0 Å². The zero-order valence-electron chi connectivity index (χ0n) is 13.3. The molecule has 0 aliphatic carbocycles. The molecule has 0 aromatic rings. The molecular formula is C16H32N2. The molecule has 0 saturated carbocycles. The van der Waals surface area contributed by atoms with Gasteiger partial charge in [-0.3, -0.25) is 9.80 Å². The van der Waals surface area contributed by atoms with E-state index in [-0.39, 0.29) is 0 Å². The Hall–Kier alpha value is -0.0800. The summed E-state index contributed by atoms with van der Waals surface area (Å²) in [4.78, 5) is 5.55. The zero-order valence-corrected chi connectivity index (χ0v) is 13.3. The normalized spacial score (nSPS) is 32.3. The van der Waals surface area contributed by atoms with Crippen LogP contribution in [0.15, 0.2) is 0 Å². The average Bonchev–Trinajstić information content (AvgIpc) is 2.24. The van der Waals surface area contributed by atoms with Gasteiger partial charge in [-0.05, 0) is 80.3 Å². The van der Waals surface area contributed by atoms with Crippen LogP contribution in [-0.4, -0.2) is 46.1 Å². The highest BCUT2D eigenvalue weighted by Gasteiger charge is 2.43. The molecule has 2 saturated heterocycles. The molecule has 0 aromatic carbocycles. The Labute approximate surface area is 114 Å². The van der Waals surface area contributed by atoms with Crippen LogP contribution in [0, 0.1) is 0 Å². The fourth-order valence-corrected chi connectivity index (χ4v) is 4.05. The Bertz CT molecular complexity index is 254. The molecule has 0 aromatic heterocycles. The predicted octanol–water partition coefficient (Wildman–Crippen LogP) is 3.51. The summed E-state index contributed by atoms with van der Waals surface area (Å²) in [7, 11) is 0. The molecule has 2 heterocycles. The van der Waals surface area contributed by atoms with Crippen LogP contribution in [0.4, 0.5) is 0 Å². The van der Waals surface area contributed by atoms with Gasteiger partial charge in [0.05, 0.1) is 0 Å². The van der Waals surface area contributed by atoms with Crippen LogP contribution in [0.25, 0.3) is 0 Å². The molecule has 2 heteroatoms. The fourth-order valence-electron chi connectivity index (χ4n) is 4.05. The Morgan fingerprint density at radius 1 is 0.667 bits per heavy atom.